The maximum atomic E-state index is 12.4. The Kier molecular flexibility index (Phi) is 4.40. The molecule has 0 atom stereocenters. The highest BCUT2D eigenvalue weighted by molar-refractivity contribution is 7.19. The summed E-state index contributed by atoms with van der Waals surface area (Å²) in [5, 5.41) is 8.03. The van der Waals surface area contributed by atoms with Crippen molar-refractivity contribution in [2.24, 2.45) is 5.10 Å². The van der Waals surface area contributed by atoms with E-state index < -0.39 is 0 Å². The van der Waals surface area contributed by atoms with Crippen LogP contribution >= 0.6 is 22.9 Å². The largest absolute Gasteiger partial charge is 0.319 e. The standard InChI is InChI=1S/C15H13ClN4O2S/c1-20-13(21)7-4-10(19-20)15(22)18-9-3-2-8-17-14(9)11-5-6-12(16)23-11/h2-3,5-6,8H,4,7H2,1H3,(H,18,22). The van der Waals surface area contributed by atoms with Gasteiger partial charge in [0.15, 0.2) is 0 Å². The maximum absolute atomic E-state index is 12.4. The second-order valence-corrected chi connectivity index (χ2v) is 6.64. The first-order chi connectivity index (χ1) is 11.0. The molecule has 0 spiro atoms. The topological polar surface area (TPSA) is 74.7 Å². The third-order valence-corrected chi connectivity index (χ3v) is 4.57. The van der Waals surface area contributed by atoms with E-state index in [1.807, 2.05) is 6.07 Å². The molecule has 0 fully saturated rings. The minimum absolute atomic E-state index is 0.100. The highest BCUT2D eigenvalue weighted by Crippen LogP contribution is 2.33. The zero-order valence-electron chi connectivity index (χ0n) is 12.2. The number of nitrogens with zero attached hydrogens (tertiary/aromatic N) is 3. The van der Waals surface area contributed by atoms with Crippen LogP contribution in [0.15, 0.2) is 35.6 Å². The van der Waals surface area contributed by atoms with Gasteiger partial charge in [0.2, 0.25) is 5.91 Å². The van der Waals surface area contributed by atoms with Crippen molar-refractivity contribution in [1.29, 1.82) is 0 Å². The molecule has 0 aromatic carbocycles. The summed E-state index contributed by atoms with van der Waals surface area (Å²) in [4.78, 5) is 29.0. The van der Waals surface area contributed by atoms with Gasteiger partial charge in [-0.1, -0.05) is 11.6 Å². The molecular weight excluding hydrogens is 336 g/mol. The highest BCUT2D eigenvalue weighted by atomic mass is 35.5. The number of hydrogen-bond acceptors (Lipinski definition) is 5. The van der Waals surface area contributed by atoms with Crippen LogP contribution in [0.2, 0.25) is 4.34 Å². The molecule has 2 aromatic rings. The Morgan fingerprint density at radius 1 is 1.35 bits per heavy atom. The lowest BCUT2D eigenvalue weighted by molar-refractivity contribution is -0.130. The number of pyridine rings is 1. The molecule has 2 amide bonds. The van der Waals surface area contributed by atoms with Crippen molar-refractivity contribution in [2.45, 2.75) is 12.8 Å². The van der Waals surface area contributed by atoms with Gasteiger partial charge in [-0.2, -0.15) is 5.10 Å². The molecule has 6 nitrogen and oxygen atoms in total. The highest BCUT2D eigenvalue weighted by Gasteiger charge is 2.23. The molecule has 0 saturated carbocycles. The Morgan fingerprint density at radius 2 is 2.17 bits per heavy atom. The first kappa shape index (κ1) is 15.6. The van der Waals surface area contributed by atoms with E-state index in [9.17, 15) is 9.59 Å². The molecule has 1 aliphatic rings. The van der Waals surface area contributed by atoms with Crippen LogP contribution in [-0.4, -0.2) is 34.6 Å². The summed E-state index contributed by atoms with van der Waals surface area (Å²) in [6.07, 6.45) is 2.27. The second kappa shape index (κ2) is 6.47. The van der Waals surface area contributed by atoms with E-state index in [0.29, 0.717) is 27.9 Å². The van der Waals surface area contributed by atoms with Crippen molar-refractivity contribution in [1.82, 2.24) is 9.99 Å². The summed E-state index contributed by atoms with van der Waals surface area (Å²) in [5.74, 6) is -0.432. The monoisotopic (exact) mass is 348 g/mol. The van der Waals surface area contributed by atoms with Crippen LogP contribution in [0.1, 0.15) is 12.8 Å². The number of rotatable bonds is 3. The predicted octanol–water partition coefficient (Wildman–Crippen LogP) is 3.01. The van der Waals surface area contributed by atoms with E-state index in [-0.39, 0.29) is 18.2 Å². The number of carbonyl (C=O) groups is 2. The van der Waals surface area contributed by atoms with Gasteiger partial charge in [-0.3, -0.25) is 14.6 Å². The molecule has 1 aliphatic heterocycles. The molecule has 1 N–H and O–H groups in total. The van der Waals surface area contributed by atoms with Crippen molar-refractivity contribution in [3.63, 3.8) is 0 Å². The van der Waals surface area contributed by atoms with E-state index in [1.165, 1.54) is 23.4 Å². The fourth-order valence-electron chi connectivity index (χ4n) is 2.17. The first-order valence-electron chi connectivity index (χ1n) is 6.90. The lowest BCUT2D eigenvalue weighted by Gasteiger charge is -2.19. The van der Waals surface area contributed by atoms with E-state index >= 15 is 0 Å². The van der Waals surface area contributed by atoms with Crippen LogP contribution in [0.5, 0.6) is 0 Å². The van der Waals surface area contributed by atoms with Crippen LogP contribution in [-0.2, 0) is 9.59 Å². The van der Waals surface area contributed by atoms with Gasteiger partial charge in [0.05, 0.1) is 14.9 Å². The molecule has 0 unspecified atom stereocenters. The third kappa shape index (κ3) is 3.40. The predicted molar refractivity (Wildman–Crippen MR) is 90.6 cm³/mol. The summed E-state index contributed by atoms with van der Waals surface area (Å²) < 4.78 is 0.653. The molecule has 23 heavy (non-hydrogen) atoms. The summed E-state index contributed by atoms with van der Waals surface area (Å²) in [6, 6.07) is 7.15. The van der Waals surface area contributed by atoms with Gasteiger partial charge >= 0.3 is 0 Å². The smallest absolute Gasteiger partial charge is 0.271 e. The quantitative estimate of drug-likeness (QED) is 0.926. The molecule has 0 bridgehead atoms. The number of nitrogens with one attached hydrogen (secondary N) is 1. The third-order valence-electron chi connectivity index (χ3n) is 3.33. The summed E-state index contributed by atoms with van der Waals surface area (Å²) >= 11 is 7.35. The summed E-state index contributed by atoms with van der Waals surface area (Å²) in [5.41, 5.74) is 1.56. The van der Waals surface area contributed by atoms with Crippen LogP contribution in [0.25, 0.3) is 10.6 Å². The van der Waals surface area contributed by atoms with E-state index in [4.69, 9.17) is 11.6 Å². The molecule has 3 heterocycles. The SMILES string of the molecule is CN1N=C(C(=O)Nc2cccnc2-c2ccc(Cl)s2)CCC1=O. The lowest BCUT2D eigenvalue weighted by Crippen LogP contribution is -2.34. The number of anilines is 1. The Bertz CT molecular complexity index is 802. The second-order valence-electron chi connectivity index (χ2n) is 4.92. The van der Waals surface area contributed by atoms with Crippen LogP contribution < -0.4 is 5.32 Å². The van der Waals surface area contributed by atoms with Gasteiger partial charge in [0.1, 0.15) is 11.4 Å². The summed E-state index contributed by atoms with van der Waals surface area (Å²) in [6.45, 7) is 0. The zero-order chi connectivity index (χ0) is 16.4. The first-order valence-corrected chi connectivity index (χ1v) is 8.10. The Morgan fingerprint density at radius 3 is 2.87 bits per heavy atom. The zero-order valence-corrected chi connectivity index (χ0v) is 13.8. The summed E-state index contributed by atoms with van der Waals surface area (Å²) in [7, 11) is 1.54. The molecule has 3 rings (SSSR count). The number of aromatic nitrogens is 1. The van der Waals surface area contributed by atoms with E-state index in [2.05, 4.69) is 15.4 Å². The van der Waals surface area contributed by atoms with Gasteiger partial charge in [0.25, 0.3) is 5.91 Å². The molecule has 8 heteroatoms. The van der Waals surface area contributed by atoms with E-state index in [1.54, 1.807) is 24.4 Å². The van der Waals surface area contributed by atoms with Crippen molar-refractivity contribution in [3.8, 4) is 10.6 Å². The van der Waals surface area contributed by atoms with Crippen LogP contribution in [0.3, 0.4) is 0 Å². The fraction of sp³-hybridized carbons (Fsp3) is 0.200. The van der Waals surface area contributed by atoms with Crippen molar-refractivity contribution in [3.05, 3.63) is 34.8 Å². The number of carbonyl (C=O) groups excluding carboxylic acids is 2. The van der Waals surface area contributed by atoms with Gasteiger partial charge < -0.3 is 5.32 Å². The van der Waals surface area contributed by atoms with Crippen molar-refractivity contribution in [2.75, 3.05) is 12.4 Å². The van der Waals surface area contributed by atoms with E-state index in [0.717, 1.165) is 4.88 Å². The molecule has 2 aromatic heterocycles. The Hall–Kier alpha value is -2.25. The minimum Gasteiger partial charge on any atom is -0.319 e. The van der Waals surface area contributed by atoms with Gasteiger partial charge in [-0.15, -0.1) is 11.3 Å². The lowest BCUT2D eigenvalue weighted by atomic mass is 10.1. The number of amides is 2. The van der Waals surface area contributed by atoms with Crippen molar-refractivity contribution < 1.29 is 9.59 Å². The van der Waals surface area contributed by atoms with Crippen molar-refractivity contribution >= 4 is 46.2 Å². The number of hydrazone groups is 1. The molecule has 0 saturated heterocycles. The number of thiophene rings is 1. The van der Waals surface area contributed by atoms with Gasteiger partial charge in [0, 0.05) is 26.1 Å². The van der Waals surface area contributed by atoms with Crippen LogP contribution in [0, 0.1) is 0 Å². The average Bonchev–Trinajstić information content (AvgIpc) is 2.97. The normalized spacial score (nSPS) is 14.6. The minimum atomic E-state index is -0.332. The fourth-order valence-corrected chi connectivity index (χ4v) is 3.23. The molecular formula is C15H13ClN4O2S. The molecule has 0 radical (unpaired) electrons. The number of halogens is 1. The molecule has 0 aliphatic carbocycles. The maximum Gasteiger partial charge on any atom is 0.271 e. The average molecular weight is 349 g/mol. The number of hydrogen-bond donors (Lipinski definition) is 1. The Labute approximate surface area is 141 Å². The van der Waals surface area contributed by atoms with Gasteiger partial charge in [-0.05, 0) is 24.3 Å². The van der Waals surface area contributed by atoms with Crippen LogP contribution in [0.4, 0.5) is 5.69 Å². The Balaban J connectivity index is 1.85. The molecule has 118 valence electrons. The van der Waals surface area contributed by atoms with Gasteiger partial charge in [-0.25, -0.2) is 5.01 Å².